The molecule has 0 atom stereocenters. The molecule has 0 fully saturated rings. The van der Waals surface area contributed by atoms with E-state index in [0.29, 0.717) is 0 Å². The molecule has 0 saturated carbocycles. The standard InChI is InChI=1S/C26H24N6S/c1-5-16(12-18(6-2)32(3)4)17-9-10-21-19(13-17)25(31-30-21)26-28-22-15-27-14-20(24(22)29-26)23-8-7-11-33-23/h5-15H,2H2,1,3-4H3,(H,28,29)(H,30,31)/b16-5+,18-12+. The normalized spacial score (nSPS) is 12.6. The van der Waals surface area contributed by atoms with Crippen LogP contribution in [0.25, 0.3) is 49.5 Å². The SMILES string of the molecule is C=C/C(=C\C(=C/C)c1ccc2[nH]nc(-c3nc4c(-c5cccs5)cncc4[nH]3)c2c1)N(C)C. The summed E-state index contributed by atoms with van der Waals surface area (Å²) < 4.78 is 0. The molecule has 4 heterocycles. The summed E-state index contributed by atoms with van der Waals surface area (Å²) in [5.74, 6) is 0.719. The van der Waals surface area contributed by atoms with Gasteiger partial charge in [0.05, 0.1) is 17.2 Å². The van der Waals surface area contributed by atoms with Crippen molar-refractivity contribution in [2.75, 3.05) is 14.1 Å². The molecule has 0 aliphatic carbocycles. The van der Waals surface area contributed by atoms with Gasteiger partial charge in [-0.15, -0.1) is 11.3 Å². The molecule has 5 rings (SSSR count). The van der Waals surface area contributed by atoms with Crippen LogP contribution in [0.2, 0.25) is 0 Å². The first-order chi connectivity index (χ1) is 16.1. The molecule has 0 aliphatic heterocycles. The zero-order valence-electron chi connectivity index (χ0n) is 18.8. The molecule has 0 saturated heterocycles. The van der Waals surface area contributed by atoms with Crippen molar-refractivity contribution in [1.82, 2.24) is 30.0 Å². The third kappa shape index (κ3) is 3.76. The Labute approximate surface area is 196 Å². The van der Waals surface area contributed by atoms with Crippen LogP contribution in [0.5, 0.6) is 0 Å². The molecule has 6 nitrogen and oxygen atoms in total. The van der Waals surface area contributed by atoms with E-state index in [0.717, 1.165) is 60.7 Å². The highest BCUT2D eigenvalue weighted by Crippen LogP contribution is 2.33. The first-order valence-corrected chi connectivity index (χ1v) is 11.5. The number of aromatic amines is 2. The van der Waals surface area contributed by atoms with E-state index in [-0.39, 0.29) is 0 Å². The van der Waals surface area contributed by atoms with Gasteiger partial charge in [0, 0.05) is 41.8 Å². The number of nitrogens with one attached hydrogen (secondary N) is 2. The summed E-state index contributed by atoms with van der Waals surface area (Å²) in [7, 11) is 4.03. The van der Waals surface area contributed by atoms with E-state index < -0.39 is 0 Å². The smallest absolute Gasteiger partial charge is 0.159 e. The van der Waals surface area contributed by atoms with Gasteiger partial charge in [-0.05, 0) is 53.8 Å². The van der Waals surface area contributed by atoms with Crippen molar-refractivity contribution >= 4 is 38.8 Å². The van der Waals surface area contributed by atoms with E-state index >= 15 is 0 Å². The number of hydrogen-bond acceptors (Lipinski definition) is 5. The highest BCUT2D eigenvalue weighted by molar-refractivity contribution is 7.13. The summed E-state index contributed by atoms with van der Waals surface area (Å²) in [6.45, 7) is 5.98. The Morgan fingerprint density at radius 2 is 2.03 bits per heavy atom. The average Bonchev–Trinajstić information content (AvgIpc) is 3.57. The van der Waals surface area contributed by atoms with Crippen LogP contribution in [0, 0.1) is 0 Å². The summed E-state index contributed by atoms with van der Waals surface area (Å²) in [5.41, 5.74) is 7.81. The number of nitrogens with zero attached hydrogens (tertiary/aromatic N) is 4. The number of benzene rings is 1. The Morgan fingerprint density at radius 1 is 1.15 bits per heavy atom. The van der Waals surface area contributed by atoms with Gasteiger partial charge < -0.3 is 9.88 Å². The molecule has 33 heavy (non-hydrogen) atoms. The lowest BCUT2D eigenvalue weighted by Gasteiger charge is -2.14. The van der Waals surface area contributed by atoms with E-state index in [2.05, 4.69) is 68.5 Å². The van der Waals surface area contributed by atoms with Crippen LogP contribution in [-0.4, -0.2) is 44.1 Å². The van der Waals surface area contributed by atoms with Crippen molar-refractivity contribution < 1.29 is 0 Å². The number of imidazole rings is 1. The highest BCUT2D eigenvalue weighted by Gasteiger charge is 2.16. The van der Waals surface area contributed by atoms with Crippen LogP contribution < -0.4 is 0 Å². The van der Waals surface area contributed by atoms with Crippen LogP contribution in [0.3, 0.4) is 0 Å². The molecule has 0 spiro atoms. The lowest BCUT2D eigenvalue weighted by Crippen LogP contribution is -2.09. The topological polar surface area (TPSA) is 73.5 Å². The molecule has 1 aromatic carbocycles. The zero-order valence-corrected chi connectivity index (χ0v) is 19.6. The number of hydrogen-bond donors (Lipinski definition) is 2. The fourth-order valence-electron chi connectivity index (χ4n) is 3.89. The second-order valence-corrected chi connectivity index (χ2v) is 8.84. The highest BCUT2D eigenvalue weighted by atomic mass is 32.1. The van der Waals surface area contributed by atoms with E-state index in [1.54, 1.807) is 11.3 Å². The van der Waals surface area contributed by atoms with Gasteiger partial charge >= 0.3 is 0 Å². The van der Waals surface area contributed by atoms with Gasteiger partial charge in [0.25, 0.3) is 0 Å². The first-order valence-electron chi connectivity index (χ1n) is 10.6. The Morgan fingerprint density at radius 3 is 2.76 bits per heavy atom. The molecule has 0 amide bonds. The Balaban J connectivity index is 1.62. The Hall–Kier alpha value is -3.97. The van der Waals surface area contributed by atoms with E-state index in [1.165, 1.54) is 0 Å². The van der Waals surface area contributed by atoms with Crippen molar-refractivity contribution in [2.24, 2.45) is 0 Å². The molecule has 5 aromatic rings. The van der Waals surface area contributed by atoms with Crippen molar-refractivity contribution in [1.29, 1.82) is 0 Å². The van der Waals surface area contributed by atoms with Crippen LogP contribution in [0.4, 0.5) is 0 Å². The predicted molar refractivity (Wildman–Crippen MR) is 138 cm³/mol. The maximum Gasteiger partial charge on any atom is 0.159 e. The fourth-order valence-corrected chi connectivity index (χ4v) is 4.63. The van der Waals surface area contributed by atoms with E-state index in [4.69, 9.17) is 4.98 Å². The number of allylic oxidation sites excluding steroid dienone is 4. The number of likely N-dealkylation sites (N-methyl/N-ethyl adjacent to an activating group) is 1. The van der Waals surface area contributed by atoms with Crippen molar-refractivity contribution in [3.8, 4) is 22.0 Å². The number of H-pyrrole nitrogens is 2. The van der Waals surface area contributed by atoms with Gasteiger partial charge in [-0.25, -0.2) is 4.98 Å². The van der Waals surface area contributed by atoms with Gasteiger partial charge in [-0.3, -0.25) is 10.1 Å². The minimum absolute atomic E-state index is 0.719. The summed E-state index contributed by atoms with van der Waals surface area (Å²) in [6.07, 6.45) is 9.78. The third-order valence-corrected chi connectivity index (χ3v) is 6.54. The second-order valence-electron chi connectivity index (χ2n) is 7.89. The van der Waals surface area contributed by atoms with Gasteiger partial charge in [0.2, 0.25) is 0 Å². The van der Waals surface area contributed by atoms with E-state index in [1.807, 2.05) is 50.5 Å². The maximum absolute atomic E-state index is 4.92. The van der Waals surface area contributed by atoms with Gasteiger partial charge in [0.15, 0.2) is 5.82 Å². The monoisotopic (exact) mass is 452 g/mol. The molecular formula is C26H24N6S. The molecule has 2 N–H and O–H groups in total. The predicted octanol–water partition coefficient (Wildman–Crippen LogP) is 6.26. The fraction of sp³-hybridized carbons (Fsp3) is 0.115. The number of aromatic nitrogens is 5. The molecule has 0 bridgehead atoms. The molecule has 0 aliphatic rings. The van der Waals surface area contributed by atoms with Gasteiger partial charge in [0.1, 0.15) is 11.2 Å². The van der Waals surface area contributed by atoms with E-state index in [9.17, 15) is 0 Å². The van der Waals surface area contributed by atoms with Crippen LogP contribution >= 0.6 is 11.3 Å². The largest absolute Gasteiger partial charge is 0.378 e. The Kier molecular flexibility index (Phi) is 5.40. The number of thiophene rings is 1. The molecule has 164 valence electrons. The molecule has 4 aromatic heterocycles. The first kappa shape index (κ1) is 20.9. The lowest BCUT2D eigenvalue weighted by molar-refractivity contribution is 0.530. The summed E-state index contributed by atoms with van der Waals surface area (Å²) >= 11 is 1.68. The minimum Gasteiger partial charge on any atom is -0.378 e. The quantitative estimate of drug-likeness (QED) is 0.298. The van der Waals surface area contributed by atoms with Crippen LogP contribution in [-0.2, 0) is 0 Å². The van der Waals surface area contributed by atoms with Crippen molar-refractivity contribution in [3.05, 3.63) is 84.2 Å². The minimum atomic E-state index is 0.719. The van der Waals surface area contributed by atoms with Crippen molar-refractivity contribution in [2.45, 2.75) is 6.92 Å². The maximum atomic E-state index is 4.92. The second kappa shape index (κ2) is 8.52. The third-order valence-electron chi connectivity index (χ3n) is 5.64. The average molecular weight is 453 g/mol. The summed E-state index contributed by atoms with van der Waals surface area (Å²) in [6, 6.07) is 10.4. The van der Waals surface area contributed by atoms with Crippen LogP contribution in [0.1, 0.15) is 12.5 Å². The molecule has 7 heteroatoms. The zero-order chi connectivity index (χ0) is 22.9. The van der Waals surface area contributed by atoms with Gasteiger partial charge in [-0.2, -0.15) is 5.10 Å². The summed E-state index contributed by atoms with van der Waals surface area (Å²) in [4.78, 5) is 15.9. The number of pyridine rings is 1. The summed E-state index contributed by atoms with van der Waals surface area (Å²) in [5, 5.41) is 10.8. The lowest BCUT2D eigenvalue weighted by atomic mass is 10.0. The number of fused-ring (bicyclic) bond motifs is 2. The number of rotatable bonds is 6. The van der Waals surface area contributed by atoms with Gasteiger partial charge in [-0.1, -0.05) is 24.8 Å². The van der Waals surface area contributed by atoms with Crippen LogP contribution in [0.15, 0.2) is 78.6 Å². The molecular weight excluding hydrogens is 428 g/mol. The molecule has 0 radical (unpaired) electrons. The Bertz CT molecular complexity index is 1520. The molecule has 0 unspecified atom stereocenters. The van der Waals surface area contributed by atoms with Crippen molar-refractivity contribution in [3.63, 3.8) is 0 Å².